The maximum atomic E-state index is 12.4. The Kier molecular flexibility index (Phi) is 6.44. The number of hydrogen-bond donors (Lipinski definition) is 1. The second-order valence-corrected chi connectivity index (χ2v) is 6.33. The summed E-state index contributed by atoms with van der Waals surface area (Å²) in [5.41, 5.74) is 1.20. The number of carbonyl (C=O) groups excluding carboxylic acids is 1. The van der Waals surface area contributed by atoms with Crippen molar-refractivity contribution in [1.29, 1.82) is 0 Å². The van der Waals surface area contributed by atoms with Gasteiger partial charge in [-0.25, -0.2) is 4.98 Å². The Morgan fingerprint density at radius 2 is 2.00 bits per heavy atom. The number of nitrogens with one attached hydrogen (secondary N) is 1. The average Bonchev–Trinajstić information content (AvgIpc) is 2.72. The van der Waals surface area contributed by atoms with Crippen LogP contribution >= 0.6 is 0 Å². The van der Waals surface area contributed by atoms with Crippen molar-refractivity contribution in [3.05, 3.63) is 54.2 Å². The SMILES string of the molecule is COc1cccc(CCNCC(=O)N2CCN(c3ccccn3)CC2)c1. The monoisotopic (exact) mass is 354 g/mol. The van der Waals surface area contributed by atoms with Crippen LogP contribution in [0.25, 0.3) is 0 Å². The molecule has 0 radical (unpaired) electrons. The normalized spacial score (nSPS) is 14.3. The molecule has 0 unspecified atom stereocenters. The quantitative estimate of drug-likeness (QED) is 0.765. The van der Waals surface area contributed by atoms with E-state index in [-0.39, 0.29) is 5.91 Å². The Labute approximate surface area is 154 Å². The Balaban J connectivity index is 1.36. The molecule has 6 heteroatoms. The van der Waals surface area contributed by atoms with Crippen LogP contribution in [0.1, 0.15) is 5.56 Å². The van der Waals surface area contributed by atoms with E-state index in [4.69, 9.17) is 4.74 Å². The van der Waals surface area contributed by atoms with Crippen LogP contribution in [0.5, 0.6) is 5.75 Å². The van der Waals surface area contributed by atoms with E-state index in [0.29, 0.717) is 6.54 Å². The molecular weight excluding hydrogens is 328 g/mol. The first kappa shape index (κ1) is 18.2. The molecule has 0 spiro atoms. The maximum absolute atomic E-state index is 12.4. The Morgan fingerprint density at radius 3 is 2.73 bits per heavy atom. The zero-order chi connectivity index (χ0) is 18.2. The van der Waals surface area contributed by atoms with Gasteiger partial charge in [0.2, 0.25) is 5.91 Å². The summed E-state index contributed by atoms with van der Waals surface area (Å²) in [6, 6.07) is 13.9. The topological polar surface area (TPSA) is 57.7 Å². The lowest BCUT2D eigenvalue weighted by molar-refractivity contribution is -0.130. The lowest BCUT2D eigenvalue weighted by Crippen LogP contribution is -2.51. The van der Waals surface area contributed by atoms with E-state index < -0.39 is 0 Å². The Hall–Kier alpha value is -2.60. The van der Waals surface area contributed by atoms with Crippen molar-refractivity contribution in [2.45, 2.75) is 6.42 Å². The molecule has 138 valence electrons. The van der Waals surface area contributed by atoms with E-state index >= 15 is 0 Å². The van der Waals surface area contributed by atoms with Crippen LogP contribution in [0.15, 0.2) is 48.7 Å². The zero-order valence-electron chi connectivity index (χ0n) is 15.2. The molecule has 1 saturated heterocycles. The number of methoxy groups -OCH3 is 1. The number of hydrogen-bond acceptors (Lipinski definition) is 5. The number of ether oxygens (including phenoxy) is 1. The van der Waals surface area contributed by atoms with Gasteiger partial charge in [0.1, 0.15) is 11.6 Å². The van der Waals surface area contributed by atoms with Crippen molar-refractivity contribution in [1.82, 2.24) is 15.2 Å². The van der Waals surface area contributed by atoms with Crippen molar-refractivity contribution in [2.75, 3.05) is 51.3 Å². The molecule has 2 heterocycles. The van der Waals surface area contributed by atoms with Gasteiger partial charge in [0.05, 0.1) is 13.7 Å². The summed E-state index contributed by atoms with van der Waals surface area (Å²) in [5, 5.41) is 3.25. The van der Waals surface area contributed by atoms with Gasteiger partial charge in [-0.15, -0.1) is 0 Å². The predicted molar refractivity (Wildman–Crippen MR) is 103 cm³/mol. The highest BCUT2D eigenvalue weighted by molar-refractivity contribution is 5.78. The van der Waals surface area contributed by atoms with E-state index in [1.165, 1.54) is 5.56 Å². The fourth-order valence-electron chi connectivity index (χ4n) is 3.09. The van der Waals surface area contributed by atoms with Gasteiger partial charge in [-0.2, -0.15) is 0 Å². The number of piperazine rings is 1. The number of amides is 1. The summed E-state index contributed by atoms with van der Waals surface area (Å²) in [4.78, 5) is 20.9. The van der Waals surface area contributed by atoms with Crippen molar-refractivity contribution < 1.29 is 9.53 Å². The van der Waals surface area contributed by atoms with Crippen molar-refractivity contribution >= 4 is 11.7 Å². The number of anilines is 1. The van der Waals surface area contributed by atoms with Crippen LogP contribution in [-0.4, -0.2) is 62.2 Å². The van der Waals surface area contributed by atoms with E-state index in [0.717, 1.165) is 50.7 Å². The van der Waals surface area contributed by atoms with Crippen molar-refractivity contribution in [3.63, 3.8) is 0 Å². The number of carbonyl (C=O) groups is 1. The Morgan fingerprint density at radius 1 is 1.15 bits per heavy atom. The third-order valence-corrected chi connectivity index (χ3v) is 4.61. The minimum atomic E-state index is 0.163. The standard InChI is InChI=1S/C20H26N4O2/c1-26-18-6-4-5-17(15-18)8-10-21-16-20(25)24-13-11-23(12-14-24)19-7-2-3-9-22-19/h2-7,9,15,21H,8,10-14,16H2,1H3. The largest absolute Gasteiger partial charge is 0.497 e. The number of pyridine rings is 1. The van der Waals surface area contributed by atoms with Crippen LogP contribution < -0.4 is 15.0 Å². The molecule has 2 aromatic rings. The van der Waals surface area contributed by atoms with Crippen LogP contribution in [0, 0.1) is 0 Å². The molecule has 0 saturated carbocycles. The first-order valence-corrected chi connectivity index (χ1v) is 9.03. The fraction of sp³-hybridized carbons (Fsp3) is 0.400. The Bertz CT molecular complexity index is 700. The molecule has 1 fully saturated rings. The second-order valence-electron chi connectivity index (χ2n) is 6.33. The third-order valence-electron chi connectivity index (χ3n) is 4.61. The second kappa shape index (κ2) is 9.20. The van der Waals surface area contributed by atoms with E-state index in [1.54, 1.807) is 13.3 Å². The number of rotatable bonds is 7. The van der Waals surface area contributed by atoms with Gasteiger partial charge >= 0.3 is 0 Å². The minimum Gasteiger partial charge on any atom is -0.497 e. The predicted octanol–water partition coefficient (Wildman–Crippen LogP) is 1.57. The lowest BCUT2D eigenvalue weighted by Gasteiger charge is -2.35. The molecule has 26 heavy (non-hydrogen) atoms. The van der Waals surface area contributed by atoms with Crippen LogP contribution in [0.3, 0.4) is 0 Å². The lowest BCUT2D eigenvalue weighted by atomic mass is 10.1. The summed E-state index contributed by atoms with van der Waals surface area (Å²) in [7, 11) is 1.67. The highest BCUT2D eigenvalue weighted by Gasteiger charge is 2.21. The molecule has 1 aromatic carbocycles. The molecular formula is C20H26N4O2. The zero-order valence-corrected chi connectivity index (χ0v) is 15.2. The molecule has 6 nitrogen and oxygen atoms in total. The summed E-state index contributed by atoms with van der Waals surface area (Å²) in [6.07, 6.45) is 2.68. The van der Waals surface area contributed by atoms with E-state index in [2.05, 4.69) is 21.3 Å². The third kappa shape index (κ3) is 4.95. The van der Waals surface area contributed by atoms with Gasteiger partial charge in [0, 0.05) is 32.4 Å². The molecule has 1 aliphatic rings. The first-order valence-electron chi connectivity index (χ1n) is 9.03. The summed E-state index contributed by atoms with van der Waals surface area (Å²) >= 11 is 0. The summed E-state index contributed by atoms with van der Waals surface area (Å²) in [5.74, 6) is 2.01. The smallest absolute Gasteiger partial charge is 0.236 e. The average molecular weight is 354 g/mol. The molecule has 1 amide bonds. The van der Waals surface area contributed by atoms with Gasteiger partial charge in [0.25, 0.3) is 0 Å². The molecule has 1 N–H and O–H groups in total. The molecule has 3 rings (SSSR count). The number of aromatic nitrogens is 1. The van der Waals surface area contributed by atoms with Crippen LogP contribution in [0.4, 0.5) is 5.82 Å². The molecule has 0 bridgehead atoms. The minimum absolute atomic E-state index is 0.163. The van der Waals surface area contributed by atoms with E-state index in [1.807, 2.05) is 41.3 Å². The molecule has 1 aromatic heterocycles. The highest BCUT2D eigenvalue weighted by atomic mass is 16.5. The first-order chi connectivity index (χ1) is 12.8. The van der Waals surface area contributed by atoms with Crippen LogP contribution in [-0.2, 0) is 11.2 Å². The number of nitrogens with zero attached hydrogens (tertiary/aromatic N) is 3. The fourth-order valence-corrected chi connectivity index (χ4v) is 3.09. The van der Waals surface area contributed by atoms with Crippen molar-refractivity contribution in [2.24, 2.45) is 0 Å². The number of benzene rings is 1. The van der Waals surface area contributed by atoms with Gasteiger partial charge in [-0.3, -0.25) is 4.79 Å². The van der Waals surface area contributed by atoms with Crippen molar-refractivity contribution in [3.8, 4) is 5.75 Å². The molecule has 0 aliphatic carbocycles. The molecule has 1 aliphatic heterocycles. The van der Waals surface area contributed by atoms with Gasteiger partial charge < -0.3 is 19.9 Å². The maximum Gasteiger partial charge on any atom is 0.236 e. The summed E-state index contributed by atoms with van der Waals surface area (Å²) < 4.78 is 5.23. The van der Waals surface area contributed by atoms with E-state index in [9.17, 15) is 4.79 Å². The summed E-state index contributed by atoms with van der Waals surface area (Å²) in [6.45, 7) is 4.29. The van der Waals surface area contributed by atoms with Gasteiger partial charge in [-0.1, -0.05) is 18.2 Å². The van der Waals surface area contributed by atoms with Gasteiger partial charge in [-0.05, 0) is 42.8 Å². The molecule has 0 atom stereocenters. The highest BCUT2D eigenvalue weighted by Crippen LogP contribution is 2.13. The van der Waals surface area contributed by atoms with Crippen LogP contribution in [0.2, 0.25) is 0 Å². The van der Waals surface area contributed by atoms with Gasteiger partial charge in [0.15, 0.2) is 0 Å².